The van der Waals surface area contributed by atoms with Crippen LogP contribution >= 0.6 is 0 Å². The van der Waals surface area contributed by atoms with Crippen molar-refractivity contribution in [2.24, 2.45) is 11.8 Å². The third-order valence-electron chi connectivity index (χ3n) is 6.63. The summed E-state index contributed by atoms with van der Waals surface area (Å²) in [7, 11) is 0. The number of fused-ring (bicyclic) bond motifs is 1. The van der Waals surface area contributed by atoms with Gasteiger partial charge in [-0.2, -0.15) is 0 Å². The van der Waals surface area contributed by atoms with Crippen LogP contribution in [0, 0.1) is 11.8 Å². The van der Waals surface area contributed by atoms with Gasteiger partial charge < -0.3 is 9.84 Å². The maximum absolute atomic E-state index is 15.0. The highest BCUT2D eigenvalue weighted by Crippen LogP contribution is 2.52. The number of rotatable bonds is 12. The topological polar surface area (TPSA) is 46.5 Å². The minimum Gasteiger partial charge on any atom is -0.481 e. The molecule has 2 aliphatic rings. The molecule has 3 nitrogen and oxygen atoms in total. The van der Waals surface area contributed by atoms with Crippen molar-refractivity contribution in [3.8, 4) is 0 Å². The van der Waals surface area contributed by atoms with Crippen molar-refractivity contribution in [1.82, 2.24) is 0 Å². The van der Waals surface area contributed by atoms with Crippen LogP contribution in [0.15, 0.2) is 18.4 Å². The fraction of sp³-hybridized carbons (Fsp3) is 0.826. The van der Waals surface area contributed by atoms with E-state index in [1.807, 2.05) is 6.92 Å². The van der Waals surface area contributed by atoms with E-state index >= 15 is 8.78 Å². The Kier molecular flexibility index (Phi) is 8.70. The summed E-state index contributed by atoms with van der Waals surface area (Å²) in [5.41, 5.74) is 1.05. The number of halogens is 2. The molecule has 2 rings (SSSR count). The van der Waals surface area contributed by atoms with Crippen molar-refractivity contribution >= 4 is 5.97 Å². The van der Waals surface area contributed by atoms with Crippen molar-refractivity contribution in [3.63, 3.8) is 0 Å². The third kappa shape index (κ3) is 5.67. The third-order valence-corrected chi connectivity index (χ3v) is 6.63. The number of ether oxygens (including phenoxy) is 1. The first-order valence-corrected chi connectivity index (χ1v) is 11.0. The molecule has 2 fully saturated rings. The zero-order chi connectivity index (χ0) is 20.6. The number of carbonyl (C=O) groups is 1. The second-order valence-corrected chi connectivity index (χ2v) is 8.59. The zero-order valence-corrected chi connectivity index (χ0v) is 17.2. The van der Waals surface area contributed by atoms with Gasteiger partial charge in [-0.15, -0.1) is 5.73 Å². The van der Waals surface area contributed by atoms with E-state index in [4.69, 9.17) is 9.84 Å². The van der Waals surface area contributed by atoms with Gasteiger partial charge in [0.15, 0.2) is 5.60 Å². The van der Waals surface area contributed by atoms with Crippen molar-refractivity contribution in [2.75, 3.05) is 0 Å². The summed E-state index contributed by atoms with van der Waals surface area (Å²) >= 11 is 0. The second-order valence-electron chi connectivity index (χ2n) is 8.59. The Bertz CT molecular complexity index is 556. The Morgan fingerprint density at radius 1 is 1.25 bits per heavy atom. The summed E-state index contributed by atoms with van der Waals surface area (Å²) in [6.07, 6.45) is 10.5. The van der Waals surface area contributed by atoms with Gasteiger partial charge >= 0.3 is 5.97 Å². The summed E-state index contributed by atoms with van der Waals surface area (Å²) in [6.45, 7) is 5.46. The molecule has 0 radical (unpaired) electrons. The number of alkyl halides is 2. The fourth-order valence-electron chi connectivity index (χ4n) is 5.04. The van der Waals surface area contributed by atoms with Crippen molar-refractivity contribution < 1.29 is 23.4 Å². The molecule has 0 amide bonds. The molecule has 0 aromatic carbocycles. The molecule has 1 heterocycles. The predicted molar refractivity (Wildman–Crippen MR) is 107 cm³/mol. The molecule has 0 spiro atoms. The molecule has 1 aliphatic carbocycles. The Labute approximate surface area is 168 Å². The molecule has 0 bridgehead atoms. The normalized spacial score (nSPS) is 29.9. The monoisotopic (exact) mass is 398 g/mol. The van der Waals surface area contributed by atoms with E-state index in [2.05, 4.69) is 12.3 Å². The molecule has 160 valence electrons. The van der Waals surface area contributed by atoms with E-state index in [1.165, 1.54) is 6.08 Å². The first kappa shape index (κ1) is 23.1. The number of carboxylic acids is 1. The largest absolute Gasteiger partial charge is 0.481 e. The summed E-state index contributed by atoms with van der Waals surface area (Å²) in [5.74, 6) is -2.71. The molecule has 1 aliphatic heterocycles. The van der Waals surface area contributed by atoms with E-state index in [1.54, 1.807) is 0 Å². The van der Waals surface area contributed by atoms with Crippen LogP contribution in [0.25, 0.3) is 0 Å². The smallest absolute Gasteiger partial charge is 0.303 e. The van der Waals surface area contributed by atoms with E-state index in [0.29, 0.717) is 24.7 Å². The Balaban J connectivity index is 1.88. The molecule has 2 unspecified atom stereocenters. The highest BCUT2D eigenvalue weighted by atomic mass is 19.3. The molecule has 28 heavy (non-hydrogen) atoms. The number of aliphatic carboxylic acids is 1. The lowest BCUT2D eigenvalue weighted by Gasteiger charge is -2.46. The molecular formula is C23H36F2O3. The van der Waals surface area contributed by atoms with Crippen LogP contribution in [-0.4, -0.2) is 28.7 Å². The minimum absolute atomic E-state index is 0.0946. The fourth-order valence-corrected chi connectivity index (χ4v) is 5.04. The summed E-state index contributed by atoms with van der Waals surface area (Å²) in [4.78, 5) is 10.5. The molecule has 1 saturated carbocycles. The van der Waals surface area contributed by atoms with E-state index in [9.17, 15) is 4.79 Å². The van der Waals surface area contributed by atoms with Gasteiger partial charge in [0.05, 0.1) is 6.10 Å². The van der Waals surface area contributed by atoms with Crippen molar-refractivity contribution in [2.45, 2.75) is 108 Å². The Morgan fingerprint density at radius 3 is 2.68 bits per heavy atom. The highest BCUT2D eigenvalue weighted by molar-refractivity contribution is 5.66. The molecule has 0 aromatic heterocycles. The van der Waals surface area contributed by atoms with Gasteiger partial charge in [-0.05, 0) is 56.4 Å². The van der Waals surface area contributed by atoms with Crippen molar-refractivity contribution in [3.05, 3.63) is 18.4 Å². The highest BCUT2D eigenvalue weighted by Gasteiger charge is 2.58. The number of carboxylic acid groups (broad SMARTS) is 1. The van der Waals surface area contributed by atoms with Gasteiger partial charge in [0, 0.05) is 12.8 Å². The maximum Gasteiger partial charge on any atom is 0.303 e. The predicted octanol–water partition coefficient (Wildman–Crippen LogP) is 6.52. The summed E-state index contributed by atoms with van der Waals surface area (Å²) in [5, 5.41) is 8.68. The van der Waals surface area contributed by atoms with Gasteiger partial charge in [-0.25, -0.2) is 8.78 Å². The van der Waals surface area contributed by atoms with Gasteiger partial charge in [-0.1, -0.05) is 45.6 Å². The zero-order valence-electron chi connectivity index (χ0n) is 17.2. The molecule has 0 aromatic rings. The average molecular weight is 399 g/mol. The standard InChI is InChI=1S/C23H36F2O3/c1-3-5-16-23(24,25)22(15-4-2)17-14-19-18(12-13-20(19)28-22)10-8-6-7-9-11-21(26)27/h15,18-20H,2-3,5-14,16-17H2,1H3,(H,26,27)/t18-,19+,20?,22?/m0/s1. The van der Waals surface area contributed by atoms with Crippen LogP contribution in [0.1, 0.15) is 90.4 Å². The number of hydrogen-bond donors (Lipinski definition) is 1. The molecule has 1 N–H and O–H groups in total. The minimum atomic E-state index is -2.89. The van der Waals surface area contributed by atoms with Gasteiger partial charge in [0.1, 0.15) is 0 Å². The lowest BCUT2D eigenvalue weighted by molar-refractivity contribution is -0.236. The lowest BCUT2D eigenvalue weighted by atomic mass is 9.77. The molecular weight excluding hydrogens is 362 g/mol. The van der Waals surface area contributed by atoms with Gasteiger partial charge in [0.25, 0.3) is 5.92 Å². The number of unbranched alkanes of at least 4 members (excludes halogenated alkanes) is 4. The van der Waals surface area contributed by atoms with Crippen LogP contribution in [0.5, 0.6) is 0 Å². The first-order chi connectivity index (χ1) is 13.3. The van der Waals surface area contributed by atoms with Crippen LogP contribution < -0.4 is 0 Å². The number of hydrogen-bond acceptors (Lipinski definition) is 2. The lowest BCUT2D eigenvalue weighted by Crippen LogP contribution is -2.54. The average Bonchev–Trinajstić information content (AvgIpc) is 3.05. The Morgan fingerprint density at radius 2 is 2.00 bits per heavy atom. The van der Waals surface area contributed by atoms with E-state index in [-0.39, 0.29) is 18.9 Å². The Hall–Kier alpha value is -1.19. The first-order valence-electron chi connectivity index (χ1n) is 11.0. The SMILES string of the molecule is C=C=CC1(C(F)(F)CCCC)CC[C@H]2C(CC[C@@H]2CCCCCCC(=O)O)O1. The van der Waals surface area contributed by atoms with Gasteiger partial charge in [0.2, 0.25) is 0 Å². The van der Waals surface area contributed by atoms with Crippen LogP contribution in [-0.2, 0) is 9.53 Å². The summed E-state index contributed by atoms with van der Waals surface area (Å²) < 4.78 is 36.1. The second kappa shape index (κ2) is 10.5. The quantitative estimate of drug-likeness (QED) is 0.301. The molecule has 4 atom stereocenters. The van der Waals surface area contributed by atoms with Crippen LogP contribution in [0.2, 0.25) is 0 Å². The molecule has 1 saturated heterocycles. The summed E-state index contributed by atoms with van der Waals surface area (Å²) in [6, 6.07) is 0. The molecule has 5 heteroatoms. The van der Waals surface area contributed by atoms with Crippen molar-refractivity contribution in [1.29, 1.82) is 0 Å². The van der Waals surface area contributed by atoms with Gasteiger partial charge in [-0.3, -0.25) is 4.79 Å². The van der Waals surface area contributed by atoms with Crippen LogP contribution in [0.4, 0.5) is 8.78 Å². The van der Waals surface area contributed by atoms with E-state index < -0.39 is 17.5 Å². The van der Waals surface area contributed by atoms with E-state index in [0.717, 1.165) is 57.8 Å². The maximum atomic E-state index is 15.0. The van der Waals surface area contributed by atoms with Crippen LogP contribution in [0.3, 0.4) is 0 Å².